The zero-order valence-corrected chi connectivity index (χ0v) is 13.7. The molecular formula is C16H21NO2S2. The van der Waals surface area contributed by atoms with E-state index in [1.165, 1.54) is 11.5 Å². The predicted molar refractivity (Wildman–Crippen MR) is 89.4 cm³/mol. The largest absolute Gasteiger partial charge is 0.395 e. The van der Waals surface area contributed by atoms with Crippen LogP contribution in [0.5, 0.6) is 0 Å². The highest BCUT2D eigenvalue weighted by molar-refractivity contribution is 7.99. The molecule has 3 nitrogen and oxygen atoms in total. The van der Waals surface area contributed by atoms with E-state index in [0.29, 0.717) is 25.3 Å². The number of amides is 1. The number of nitrogens with one attached hydrogen (secondary N) is 1. The van der Waals surface area contributed by atoms with Gasteiger partial charge in [-0.05, 0) is 41.7 Å². The molecule has 114 valence electrons. The molecule has 1 amide bonds. The molecule has 1 aliphatic rings. The Labute approximate surface area is 134 Å². The summed E-state index contributed by atoms with van der Waals surface area (Å²) in [6.45, 7) is 0.643. The predicted octanol–water partition coefficient (Wildman–Crippen LogP) is 2.63. The topological polar surface area (TPSA) is 49.3 Å². The number of thiophene rings is 1. The van der Waals surface area contributed by atoms with Gasteiger partial charge in [-0.15, -0.1) is 11.3 Å². The lowest BCUT2D eigenvalue weighted by atomic mass is 9.98. The van der Waals surface area contributed by atoms with E-state index in [1.807, 2.05) is 23.2 Å². The van der Waals surface area contributed by atoms with Crippen LogP contribution in [-0.2, 0) is 11.3 Å². The number of carbonyl (C=O) groups excluding carboxylic acids is 1. The summed E-state index contributed by atoms with van der Waals surface area (Å²) in [4.78, 5) is 13.1. The molecule has 1 fully saturated rings. The van der Waals surface area contributed by atoms with Gasteiger partial charge in [0.1, 0.15) is 0 Å². The molecule has 0 spiro atoms. The van der Waals surface area contributed by atoms with Crippen LogP contribution in [-0.4, -0.2) is 29.1 Å². The van der Waals surface area contributed by atoms with Gasteiger partial charge in [0, 0.05) is 23.3 Å². The van der Waals surface area contributed by atoms with E-state index in [2.05, 4.69) is 17.2 Å². The Morgan fingerprint density at radius 3 is 3.00 bits per heavy atom. The number of rotatable bonds is 5. The van der Waals surface area contributed by atoms with Crippen molar-refractivity contribution >= 4 is 29.0 Å². The van der Waals surface area contributed by atoms with Crippen LogP contribution in [0.25, 0.3) is 0 Å². The molecule has 0 unspecified atom stereocenters. The Bertz CT molecular complexity index is 510. The lowest BCUT2D eigenvalue weighted by Gasteiger charge is -2.20. The summed E-state index contributed by atoms with van der Waals surface area (Å²) in [5.74, 6) is 9.05. The maximum absolute atomic E-state index is 12.0. The summed E-state index contributed by atoms with van der Waals surface area (Å²) in [5.41, 5.74) is 0.961. The summed E-state index contributed by atoms with van der Waals surface area (Å²) >= 11 is 3.60. The minimum Gasteiger partial charge on any atom is -0.395 e. The Morgan fingerprint density at radius 1 is 1.43 bits per heavy atom. The van der Waals surface area contributed by atoms with Crippen LogP contribution < -0.4 is 5.32 Å². The number of hydrogen-bond acceptors (Lipinski definition) is 4. The fraction of sp³-hybridized carbons (Fsp3) is 0.562. The first kappa shape index (κ1) is 16.4. The third kappa shape index (κ3) is 5.74. The van der Waals surface area contributed by atoms with Gasteiger partial charge in [-0.2, -0.15) is 11.8 Å². The van der Waals surface area contributed by atoms with Gasteiger partial charge in [-0.1, -0.05) is 11.8 Å². The SMILES string of the molecule is O=C(CC1CCSCC1)NCc1sccc1C#CCCO. The molecule has 5 heteroatoms. The second-order valence-corrected chi connectivity index (χ2v) is 7.29. The number of hydrogen-bond donors (Lipinski definition) is 2. The molecule has 0 bridgehead atoms. The van der Waals surface area contributed by atoms with Crippen molar-refractivity contribution in [1.29, 1.82) is 0 Å². The highest BCUT2D eigenvalue weighted by Gasteiger charge is 2.17. The third-order valence-corrected chi connectivity index (χ3v) is 5.44. The van der Waals surface area contributed by atoms with Crippen LogP contribution >= 0.6 is 23.1 Å². The smallest absolute Gasteiger partial charge is 0.220 e. The fourth-order valence-corrected chi connectivity index (χ4v) is 4.24. The molecule has 1 saturated heterocycles. The Hall–Kier alpha value is -0.960. The monoisotopic (exact) mass is 323 g/mol. The maximum atomic E-state index is 12.0. The number of aliphatic hydroxyl groups is 1. The molecule has 21 heavy (non-hydrogen) atoms. The normalized spacial score (nSPS) is 15.3. The zero-order valence-electron chi connectivity index (χ0n) is 12.1. The van der Waals surface area contributed by atoms with E-state index in [0.717, 1.165) is 23.3 Å². The Kier molecular flexibility index (Phi) is 7.14. The van der Waals surface area contributed by atoms with Crippen molar-refractivity contribution in [2.75, 3.05) is 18.1 Å². The molecule has 0 aliphatic carbocycles. The Morgan fingerprint density at radius 2 is 2.24 bits per heavy atom. The van der Waals surface area contributed by atoms with Gasteiger partial charge in [-0.25, -0.2) is 0 Å². The van der Waals surface area contributed by atoms with Gasteiger partial charge < -0.3 is 10.4 Å². The molecule has 2 heterocycles. The van der Waals surface area contributed by atoms with Gasteiger partial charge >= 0.3 is 0 Å². The number of carbonyl (C=O) groups is 1. The molecule has 2 rings (SSSR count). The van der Waals surface area contributed by atoms with Crippen LogP contribution in [0, 0.1) is 17.8 Å². The van der Waals surface area contributed by atoms with Gasteiger partial charge in [0.05, 0.1) is 13.2 Å². The van der Waals surface area contributed by atoms with Crippen molar-refractivity contribution in [3.05, 3.63) is 21.9 Å². The van der Waals surface area contributed by atoms with Crippen LogP contribution in [0.1, 0.15) is 36.1 Å². The average Bonchev–Trinajstić information content (AvgIpc) is 2.94. The van der Waals surface area contributed by atoms with Gasteiger partial charge in [0.15, 0.2) is 0 Å². The quantitative estimate of drug-likeness (QED) is 0.819. The highest BCUT2D eigenvalue weighted by atomic mass is 32.2. The van der Waals surface area contributed by atoms with Gasteiger partial charge in [0.25, 0.3) is 0 Å². The van der Waals surface area contributed by atoms with Crippen molar-refractivity contribution in [2.24, 2.45) is 5.92 Å². The van der Waals surface area contributed by atoms with Crippen LogP contribution in [0.3, 0.4) is 0 Å². The van der Waals surface area contributed by atoms with E-state index in [9.17, 15) is 4.79 Å². The molecule has 2 N–H and O–H groups in total. The number of thioether (sulfide) groups is 1. The zero-order chi connectivity index (χ0) is 14.9. The van der Waals surface area contributed by atoms with Gasteiger partial charge in [-0.3, -0.25) is 4.79 Å². The van der Waals surface area contributed by atoms with Gasteiger partial charge in [0.2, 0.25) is 5.91 Å². The highest BCUT2D eigenvalue weighted by Crippen LogP contribution is 2.25. The van der Waals surface area contributed by atoms with E-state index in [-0.39, 0.29) is 12.5 Å². The molecule has 0 atom stereocenters. The van der Waals surface area contributed by atoms with E-state index in [1.54, 1.807) is 11.3 Å². The van der Waals surface area contributed by atoms with E-state index in [4.69, 9.17) is 5.11 Å². The standard InChI is InChI=1S/C16H21NO2S2/c18-7-2-1-3-14-6-10-21-15(14)12-17-16(19)11-13-4-8-20-9-5-13/h6,10,13,18H,2,4-5,7-9,11-12H2,(H,17,19). The van der Waals surface area contributed by atoms with Crippen molar-refractivity contribution in [1.82, 2.24) is 5.32 Å². The summed E-state index contributed by atoms with van der Waals surface area (Å²) in [7, 11) is 0. The van der Waals surface area contributed by atoms with Crippen molar-refractivity contribution < 1.29 is 9.90 Å². The van der Waals surface area contributed by atoms with Crippen LogP contribution in [0.4, 0.5) is 0 Å². The summed E-state index contributed by atoms with van der Waals surface area (Å²) in [6, 6.07) is 1.97. The third-order valence-electron chi connectivity index (χ3n) is 3.47. The summed E-state index contributed by atoms with van der Waals surface area (Å²) in [6.07, 6.45) is 3.46. The summed E-state index contributed by atoms with van der Waals surface area (Å²) < 4.78 is 0. The van der Waals surface area contributed by atoms with Crippen LogP contribution in [0.15, 0.2) is 11.4 Å². The average molecular weight is 323 g/mol. The summed E-state index contributed by atoms with van der Waals surface area (Å²) in [5, 5.41) is 13.7. The first-order valence-corrected chi connectivity index (χ1v) is 9.33. The molecule has 0 radical (unpaired) electrons. The van der Waals surface area contributed by atoms with Crippen molar-refractivity contribution in [2.45, 2.75) is 32.2 Å². The minimum atomic E-state index is 0.0862. The molecular weight excluding hydrogens is 302 g/mol. The second kappa shape index (κ2) is 9.14. The van der Waals surface area contributed by atoms with E-state index < -0.39 is 0 Å². The minimum absolute atomic E-state index is 0.0862. The van der Waals surface area contributed by atoms with E-state index >= 15 is 0 Å². The Balaban J connectivity index is 1.78. The lowest BCUT2D eigenvalue weighted by molar-refractivity contribution is -0.122. The lowest BCUT2D eigenvalue weighted by Crippen LogP contribution is -2.26. The van der Waals surface area contributed by atoms with Crippen molar-refractivity contribution in [3.8, 4) is 11.8 Å². The number of aliphatic hydroxyl groups excluding tert-OH is 1. The second-order valence-electron chi connectivity index (χ2n) is 5.07. The maximum Gasteiger partial charge on any atom is 0.220 e. The van der Waals surface area contributed by atoms with Crippen LogP contribution in [0.2, 0.25) is 0 Å². The first-order valence-electron chi connectivity index (χ1n) is 7.30. The first-order chi connectivity index (χ1) is 10.3. The molecule has 0 saturated carbocycles. The fourth-order valence-electron chi connectivity index (χ4n) is 2.27. The molecule has 1 aliphatic heterocycles. The molecule has 0 aromatic carbocycles. The van der Waals surface area contributed by atoms with Crippen molar-refractivity contribution in [3.63, 3.8) is 0 Å². The molecule has 1 aromatic heterocycles. The molecule has 1 aromatic rings.